The molecule has 1 aliphatic heterocycles. The molecule has 0 spiro atoms. The van der Waals surface area contributed by atoms with E-state index >= 15 is 0 Å². The lowest BCUT2D eigenvalue weighted by molar-refractivity contribution is 0.0254. The Hall–Kier alpha value is -0.970. The molecule has 1 N–H and O–H groups in total. The van der Waals surface area contributed by atoms with Gasteiger partial charge in [-0.05, 0) is 50.3 Å². The first-order valence-electron chi connectivity index (χ1n) is 7.73. The average Bonchev–Trinajstić information content (AvgIpc) is 2.87. The topological polar surface area (TPSA) is 49.8 Å². The van der Waals surface area contributed by atoms with Gasteiger partial charge in [-0.15, -0.1) is 0 Å². The van der Waals surface area contributed by atoms with Crippen molar-refractivity contribution < 1.29 is 14.6 Å². The number of aliphatic hydroxyl groups is 1. The summed E-state index contributed by atoms with van der Waals surface area (Å²) < 4.78 is 5.46. The lowest BCUT2D eigenvalue weighted by atomic mass is 9.93. The van der Waals surface area contributed by atoms with Crippen LogP contribution in [-0.2, 0) is 10.2 Å². The van der Waals surface area contributed by atoms with Gasteiger partial charge in [-0.3, -0.25) is 0 Å². The van der Waals surface area contributed by atoms with Gasteiger partial charge in [0.2, 0.25) is 0 Å². The molecule has 4 nitrogen and oxygen atoms in total. The molecule has 1 saturated carbocycles. The molecule has 2 aliphatic rings. The standard InChI is InChI=1S/C17H21Cl2NO3/c1-16(2,3)23-15(22)20-7-11-12(8-21)17(11,9-20)10-4-5-13(18)14(19)6-10/h4-6,11-12,21H,7-9H2,1-3H3. The zero-order valence-electron chi connectivity index (χ0n) is 13.5. The molecule has 0 bridgehead atoms. The van der Waals surface area contributed by atoms with E-state index in [-0.39, 0.29) is 30.0 Å². The van der Waals surface area contributed by atoms with Crippen molar-refractivity contribution in [2.24, 2.45) is 11.8 Å². The maximum Gasteiger partial charge on any atom is 0.410 e. The van der Waals surface area contributed by atoms with Crippen LogP contribution in [0.25, 0.3) is 0 Å². The highest BCUT2D eigenvalue weighted by Crippen LogP contribution is 2.64. The van der Waals surface area contributed by atoms with Crippen molar-refractivity contribution in [2.45, 2.75) is 31.8 Å². The van der Waals surface area contributed by atoms with E-state index < -0.39 is 5.60 Å². The lowest BCUT2D eigenvalue weighted by Crippen LogP contribution is -2.39. The Kier molecular flexibility index (Phi) is 4.06. The van der Waals surface area contributed by atoms with E-state index in [1.165, 1.54) is 0 Å². The van der Waals surface area contributed by atoms with E-state index in [2.05, 4.69) is 0 Å². The molecule has 1 aliphatic carbocycles. The van der Waals surface area contributed by atoms with Gasteiger partial charge in [0, 0.05) is 25.1 Å². The fourth-order valence-corrected chi connectivity index (χ4v) is 4.11. The lowest BCUT2D eigenvalue weighted by Gasteiger charge is -2.27. The van der Waals surface area contributed by atoms with Crippen LogP contribution in [0.2, 0.25) is 10.0 Å². The average molecular weight is 358 g/mol. The van der Waals surface area contributed by atoms with Crippen LogP contribution in [0.15, 0.2) is 18.2 Å². The summed E-state index contributed by atoms with van der Waals surface area (Å²) in [6.07, 6.45) is -0.305. The summed E-state index contributed by atoms with van der Waals surface area (Å²) in [4.78, 5) is 14.0. The van der Waals surface area contributed by atoms with E-state index in [1.54, 1.807) is 11.0 Å². The Labute approximate surface area is 146 Å². The second kappa shape index (κ2) is 5.54. The molecule has 0 aromatic heterocycles. The number of fused-ring (bicyclic) bond motifs is 1. The van der Waals surface area contributed by atoms with Crippen LogP contribution in [0, 0.1) is 11.8 Å². The monoisotopic (exact) mass is 357 g/mol. The Morgan fingerprint density at radius 3 is 2.65 bits per heavy atom. The predicted molar refractivity (Wildman–Crippen MR) is 90.0 cm³/mol. The van der Waals surface area contributed by atoms with Gasteiger partial charge in [0.05, 0.1) is 10.0 Å². The highest BCUT2D eigenvalue weighted by Gasteiger charge is 2.70. The Bertz CT molecular complexity index is 643. The van der Waals surface area contributed by atoms with Crippen molar-refractivity contribution in [3.8, 4) is 0 Å². The first-order valence-corrected chi connectivity index (χ1v) is 8.49. The van der Waals surface area contributed by atoms with E-state index in [9.17, 15) is 9.90 Å². The molecule has 1 saturated heterocycles. The normalized spacial score (nSPS) is 29.4. The third-order valence-corrected chi connectivity index (χ3v) is 5.61. The molecular formula is C17H21Cl2NO3. The van der Waals surface area contributed by atoms with E-state index in [0.717, 1.165) is 5.56 Å². The number of amides is 1. The minimum Gasteiger partial charge on any atom is -0.444 e. The van der Waals surface area contributed by atoms with Gasteiger partial charge in [0.1, 0.15) is 5.60 Å². The number of benzene rings is 1. The highest BCUT2D eigenvalue weighted by molar-refractivity contribution is 6.42. The highest BCUT2D eigenvalue weighted by atomic mass is 35.5. The third kappa shape index (κ3) is 2.81. The van der Waals surface area contributed by atoms with Crippen molar-refractivity contribution >= 4 is 29.3 Å². The Balaban J connectivity index is 1.83. The summed E-state index contributed by atoms with van der Waals surface area (Å²) in [6.45, 7) is 6.80. The zero-order chi connectivity index (χ0) is 17.0. The summed E-state index contributed by atoms with van der Waals surface area (Å²) in [7, 11) is 0. The van der Waals surface area contributed by atoms with Crippen LogP contribution in [0.5, 0.6) is 0 Å². The first kappa shape index (κ1) is 16.9. The quantitative estimate of drug-likeness (QED) is 0.877. The molecular weight excluding hydrogens is 337 g/mol. The van der Waals surface area contributed by atoms with Gasteiger partial charge in [0.15, 0.2) is 0 Å². The minimum absolute atomic E-state index is 0.104. The molecule has 3 rings (SSSR count). The van der Waals surface area contributed by atoms with E-state index in [0.29, 0.717) is 23.1 Å². The zero-order valence-corrected chi connectivity index (χ0v) is 15.0. The fourth-order valence-electron chi connectivity index (χ4n) is 3.81. The van der Waals surface area contributed by atoms with Crippen molar-refractivity contribution in [1.29, 1.82) is 0 Å². The second-order valence-electron chi connectivity index (χ2n) is 7.43. The van der Waals surface area contributed by atoms with Gasteiger partial charge >= 0.3 is 6.09 Å². The number of rotatable bonds is 2. The fraction of sp³-hybridized carbons (Fsp3) is 0.588. The largest absolute Gasteiger partial charge is 0.444 e. The molecule has 0 radical (unpaired) electrons. The number of halogens is 2. The summed E-state index contributed by atoms with van der Waals surface area (Å²) in [5, 5.41) is 10.7. The number of hydrogen-bond acceptors (Lipinski definition) is 3. The van der Waals surface area contributed by atoms with Crippen LogP contribution < -0.4 is 0 Å². The van der Waals surface area contributed by atoms with Crippen LogP contribution in [0.4, 0.5) is 4.79 Å². The van der Waals surface area contributed by atoms with Crippen LogP contribution >= 0.6 is 23.2 Å². The molecule has 3 unspecified atom stereocenters. The third-order valence-electron chi connectivity index (χ3n) is 4.87. The molecule has 1 amide bonds. The molecule has 23 heavy (non-hydrogen) atoms. The van der Waals surface area contributed by atoms with E-state index in [4.69, 9.17) is 27.9 Å². The van der Waals surface area contributed by atoms with Gasteiger partial charge in [0.25, 0.3) is 0 Å². The molecule has 6 heteroatoms. The summed E-state index contributed by atoms with van der Waals surface area (Å²) in [5.74, 6) is 0.385. The number of carbonyl (C=O) groups is 1. The summed E-state index contributed by atoms with van der Waals surface area (Å²) >= 11 is 12.2. The van der Waals surface area contributed by atoms with Crippen molar-refractivity contribution in [1.82, 2.24) is 4.90 Å². The number of nitrogens with zero attached hydrogens (tertiary/aromatic N) is 1. The number of aliphatic hydroxyl groups excluding tert-OH is 1. The number of carbonyl (C=O) groups excluding carboxylic acids is 1. The number of likely N-dealkylation sites (tertiary alicyclic amines) is 1. The van der Waals surface area contributed by atoms with Gasteiger partial charge in [-0.1, -0.05) is 29.3 Å². The molecule has 1 heterocycles. The Morgan fingerprint density at radius 1 is 1.39 bits per heavy atom. The smallest absolute Gasteiger partial charge is 0.410 e. The molecule has 3 atom stereocenters. The summed E-state index contributed by atoms with van der Waals surface area (Å²) in [5.41, 5.74) is 0.277. The SMILES string of the molecule is CC(C)(C)OC(=O)N1CC2C(CO)C2(c2ccc(Cl)c(Cl)c2)C1. The maximum atomic E-state index is 12.3. The number of piperidine rings is 1. The maximum absolute atomic E-state index is 12.3. The molecule has 126 valence electrons. The van der Waals surface area contributed by atoms with Gasteiger partial charge < -0.3 is 14.7 Å². The Morgan fingerprint density at radius 2 is 2.09 bits per heavy atom. The minimum atomic E-state index is -0.517. The molecule has 2 fully saturated rings. The van der Waals surface area contributed by atoms with Crippen molar-refractivity contribution in [3.05, 3.63) is 33.8 Å². The summed E-state index contributed by atoms with van der Waals surface area (Å²) in [6, 6.07) is 5.56. The number of ether oxygens (including phenoxy) is 1. The molecule has 1 aromatic carbocycles. The van der Waals surface area contributed by atoms with Crippen LogP contribution in [0.1, 0.15) is 26.3 Å². The van der Waals surface area contributed by atoms with Crippen molar-refractivity contribution in [2.75, 3.05) is 19.7 Å². The number of hydrogen-bond donors (Lipinski definition) is 1. The molecule has 1 aromatic rings. The first-order chi connectivity index (χ1) is 10.7. The van der Waals surface area contributed by atoms with Crippen LogP contribution in [0.3, 0.4) is 0 Å². The van der Waals surface area contributed by atoms with Crippen molar-refractivity contribution in [3.63, 3.8) is 0 Å². The van der Waals surface area contributed by atoms with Gasteiger partial charge in [-0.25, -0.2) is 4.79 Å². The predicted octanol–water partition coefficient (Wildman–Crippen LogP) is 3.72. The van der Waals surface area contributed by atoms with E-state index in [1.807, 2.05) is 32.9 Å². The van der Waals surface area contributed by atoms with Crippen LogP contribution in [-0.4, -0.2) is 41.4 Å². The van der Waals surface area contributed by atoms with Gasteiger partial charge in [-0.2, -0.15) is 0 Å². The second-order valence-corrected chi connectivity index (χ2v) is 8.24.